The van der Waals surface area contributed by atoms with Gasteiger partial charge in [0.1, 0.15) is 5.82 Å². The molecule has 35 heavy (non-hydrogen) atoms. The number of carbonyl (C=O) groups excluding carboxylic acids is 1. The lowest BCUT2D eigenvalue weighted by Crippen LogP contribution is -2.41. The first-order valence-corrected chi connectivity index (χ1v) is 13.0. The number of alkyl carbamates (subject to hydrolysis) is 1. The smallest absolute Gasteiger partial charge is 0.449 e. The number of piperidine rings is 1. The number of benzene rings is 1. The van der Waals surface area contributed by atoms with Crippen LogP contribution in [0.25, 0.3) is 0 Å². The molecule has 1 aliphatic carbocycles. The van der Waals surface area contributed by atoms with Crippen molar-refractivity contribution in [2.75, 3.05) is 19.7 Å². The standard InChI is InChI=1S/C27H42BFN2O4/c1-9-19(31-14-20-21(15-31)22(20)16-33-24(32)30-25(2,3)4)12-17-10-11-18(13-23(17)29)28-34-26(5,6)27(7,8)35-28/h10-11,13,19-22H,9,12,14-16H2,1-8H3,(H,30,32). The van der Waals surface area contributed by atoms with Crippen molar-refractivity contribution in [2.24, 2.45) is 17.8 Å². The Labute approximate surface area is 210 Å². The van der Waals surface area contributed by atoms with E-state index < -0.39 is 18.3 Å². The number of halogens is 1. The quantitative estimate of drug-likeness (QED) is 0.585. The molecule has 8 heteroatoms. The first kappa shape index (κ1) is 26.4. The molecular weight excluding hydrogens is 446 g/mol. The Morgan fingerprint density at radius 3 is 2.31 bits per heavy atom. The number of ether oxygens (including phenoxy) is 1. The molecule has 4 rings (SSSR count). The molecule has 1 N–H and O–H groups in total. The molecule has 1 saturated carbocycles. The van der Waals surface area contributed by atoms with E-state index in [0.717, 1.165) is 30.5 Å². The van der Waals surface area contributed by atoms with E-state index in [0.29, 0.717) is 36.8 Å². The van der Waals surface area contributed by atoms with E-state index in [1.54, 1.807) is 6.07 Å². The molecule has 3 unspecified atom stereocenters. The van der Waals surface area contributed by atoms with E-state index in [1.165, 1.54) is 0 Å². The predicted octanol–water partition coefficient (Wildman–Crippen LogP) is 4.15. The zero-order valence-corrected chi connectivity index (χ0v) is 22.6. The summed E-state index contributed by atoms with van der Waals surface area (Å²) in [7, 11) is -0.555. The van der Waals surface area contributed by atoms with Crippen LogP contribution in [0.4, 0.5) is 9.18 Å². The molecule has 194 valence electrons. The second kappa shape index (κ2) is 9.35. The van der Waals surface area contributed by atoms with Crippen molar-refractivity contribution in [2.45, 2.75) is 91.0 Å². The van der Waals surface area contributed by atoms with E-state index in [2.05, 4.69) is 17.1 Å². The van der Waals surface area contributed by atoms with Crippen LogP contribution in [0.3, 0.4) is 0 Å². The number of nitrogens with zero attached hydrogens (tertiary/aromatic N) is 1. The molecule has 1 aromatic carbocycles. The van der Waals surface area contributed by atoms with Gasteiger partial charge < -0.3 is 19.4 Å². The van der Waals surface area contributed by atoms with Crippen molar-refractivity contribution in [1.29, 1.82) is 0 Å². The summed E-state index contributed by atoms with van der Waals surface area (Å²) in [6.07, 6.45) is 1.30. The van der Waals surface area contributed by atoms with Crippen LogP contribution in [0.1, 0.15) is 67.4 Å². The van der Waals surface area contributed by atoms with Crippen molar-refractivity contribution < 1.29 is 23.2 Å². The van der Waals surface area contributed by atoms with Gasteiger partial charge in [0, 0.05) is 30.6 Å². The molecule has 2 heterocycles. The average Bonchev–Trinajstić information content (AvgIpc) is 3.06. The van der Waals surface area contributed by atoms with Gasteiger partial charge in [0.05, 0.1) is 17.8 Å². The Morgan fingerprint density at radius 1 is 1.20 bits per heavy atom. The third-order valence-electron chi connectivity index (χ3n) is 8.33. The lowest BCUT2D eigenvalue weighted by Gasteiger charge is -2.32. The molecule has 3 aliphatic rings. The fourth-order valence-electron chi connectivity index (χ4n) is 5.38. The topological polar surface area (TPSA) is 60.0 Å². The van der Waals surface area contributed by atoms with Crippen LogP contribution in [0, 0.1) is 23.6 Å². The Hall–Kier alpha value is -1.64. The summed E-state index contributed by atoms with van der Waals surface area (Å²) in [6, 6.07) is 5.69. The number of likely N-dealkylation sites (tertiary alicyclic amines) is 1. The highest BCUT2D eigenvalue weighted by Crippen LogP contribution is 2.52. The van der Waals surface area contributed by atoms with Crippen molar-refractivity contribution in [1.82, 2.24) is 10.2 Å². The van der Waals surface area contributed by atoms with E-state index in [1.807, 2.05) is 60.6 Å². The van der Waals surface area contributed by atoms with E-state index in [-0.39, 0.29) is 17.4 Å². The van der Waals surface area contributed by atoms with Crippen molar-refractivity contribution in [3.8, 4) is 0 Å². The van der Waals surface area contributed by atoms with Gasteiger partial charge in [-0.1, -0.05) is 19.1 Å². The number of hydrogen-bond acceptors (Lipinski definition) is 5. The molecular formula is C27H42BFN2O4. The van der Waals surface area contributed by atoms with E-state index in [4.69, 9.17) is 14.0 Å². The highest BCUT2D eigenvalue weighted by Gasteiger charge is 2.57. The van der Waals surface area contributed by atoms with Gasteiger partial charge in [0.25, 0.3) is 0 Å². The van der Waals surface area contributed by atoms with Crippen LogP contribution in [0.5, 0.6) is 0 Å². The van der Waals surface area contributed by atoms with Crippen LogP contribution in [-0.2, 0) is 20.5 Å². The SMILES string of the molecule is CCC(Cc1ccc(B2OC(C)(C)C(C)(C)O2)cc1F)N1CC2C(COC(=O)NC(C)(C)C)C2C1. The number of hydrogen-bond donors (Lipinski definition) is 1. The molecule has 6 nitrogen and oxygen atoms in total. The second-order valence-electron chi connectivity index (χ2n) is 12.6. The largest absolute Gasteiger partial charge is 0.494 e. The maximum Gasteiger partial charge on any atom is 0.494 e. The number of fused-ring (bicyclic) bond motifs is 1. The summed E-state index contributed by atoms with van der Waals surface area (Å²) in [5, 5.41) is 2.84. The van der Waals surface area contributed by atoms with Gasteiger partial charge in [-0.3, -0.25) is 4.90 Å². The monoisotopic (exact) mass is 488 g/mol. The fourth-order valence-corrected chi connectivity index (χ4v) is 5.38. The third kappa shape index (κ3) is 5.70. The lowest BCUT2D eigenvalue weighted by molar-refractivity contribution is 0.00578. The molecule has 0 bridgehead atoms. The summed E-state index contributed by atoms with van der Waals surface area (Å²) < 4.78 is 32.7. The van der Waals surface area contributed by atoms with E-state index >= 15 is 4.39 Å². The summed E-state index contributed by atoms with van der Waals surface area (Å²) >= 11 is 0. The van der Waals surface area contributed by atoms with Crippen LogP contribution >= 0.6 is 0 Å². The van der Waals surface area contributed by atoms with Crippen LogP contribution in [-0.4, -0.2) is 60.6 Å². The average molecular weight is 488 g/mol. The molecule has 2 aliphatic heterocycles. The normalized spacial score (nSPS) is 28.0. The summed E-state index contributed by atoms with van der Waals surface area (Å²) in [5.74, 6) is 1.39. The van der Waals surface area contributed by atoms with Crippen LogP contribution in [0.15, 0.2) is 18.2 Å². The van der Waals surface area contributed by atoms with Gasteiger partial charge in [-0.2, -0.15) is 0 Å². The molecule has 0 aromatic heterocycles. The minimum absolute atomic E-state index is 0.198. The summed E-state index contributed by atoms with van der Waals surface area (Å²) in [6.45, 7) is 18.5. The molecule has 1 aromatic rings. The number of nitrogens with one attached hydrogen (secondary N) is 1. The first-order valence-electron chi connectivity index (χ1n) is 13.0. The highest BCUT2D eigenvalue weighted by molar-refractivity contribution is 6.62. The molecule has 2 saturated heterocycles. The minimum Gasteiger partial charge on any atom is -0.449 e. The molecule has 0 spiro atoms. The Balaban J connectivity index is 1.29. The Kier molecular flexibility index (Phi) is 7.06. The van der Waals surface area contributed by atoms with E-state index in [9.17, 15) is 4.79 Å². The zero-order valence-electron chi connectivity index (χ0n) is 22.6. The van der Waals surface area contributed by atoms with Gasteiger partial charge in [-0.05, 0) is 90.2 Å². The van der Waals surface area contributed by atoms with Gasteiger partial charge >= 0.3 is 13.2 Å². The van der Waals surface area contributed by atoms with Crippen LogP contribution in [0.2, 0.25) is 0 Å². The minimum atomic E-state index is -0.555. The molecule has 3 atom stereocenters. The highest BCUT2D eigenvalue weighted by atomic mass is 19.1. The Bertz CT molecular complexity index is 920. The molecule has 3 fully saturated rings. The van der Waals surface area contributed by atoms with Crippen molar-refractivity contribution in [3.63, 3.8) is 0 Å². The predicted molar refractivity (Wildman–Crippen MR) is 136 cm³/mol. The number of amides is 1. The Morgan fingerprint density at radius 2 is 1.80 bits per heavy atom. The second-order valence-corrected chi connectivity index (χ2v) is 12.6. The molecule has 0 radical (unpaired) electrons. The zero-order chi connectivity index (χ0) is 25.8. The number of rotatable bonds is 7. The number of carbonyl (C=O) groups is 1. The maximum absolute atomic E-state index is 15.1. The lowest BCUT2D eigenvalue weighted by atomic mass is 9.78. The maximum atomic E-state index is 15.1. The third-order valence-corrected chi connectivity index (χ3v) is 8.33. The van der Waals surface area contributed by atoms with Gasteiger partial charge in [-0.15, -0.1) is 0 Å². The van der Waals surface area contributed by atoms with Gasteiger partial charge in [-0.25, -0.2) is 9.18 Å². The van der Waals surface area contributed by atoms with Crippen molar-refractivity contribution >= 4 is 18.7 Å². The van der Waals surface area contributed by atoms with Crippen molar-refractivity contribution in [3.05, 3.63) is 29.6 Å². The van der Waals surface area contributed by atoms with Gasteiger partial charge in [0.2, 0.25) is 0 Å². The van der Waals surface area contributed by atoms with Crippen LogP contribution < -0.4 is 10.8 Å². The fraction of sp³-hybridized carbons (Fsp3) is 0.741. The van der Waals surface area contributed by atoms with Gasteiger partial charge in [0.15, 0.2) is 0 Å². The summed E-state index contributed by atoms with van der Waals surface area (Å²) in [5.41, 5.74) is 0.265. The summed E-state index contributed by atoms with van der Waals surface area (Å²) in [4.78, 5) is 14.4. The first-order chi connectivity index (χ1) is 16.2. The molecule has 1 amide bonds.